The highest BCUT2D eigenvalue weighted by molar-refractivity contribution is 5.98. The maximum atomic E-state index is 12.0. The predicted molar refractivity (Wildman–Crippen MR) is 100 cm³/mol. The Morgan fingerprint density at radius 1 is 0.923 bits per heavy atom. The van der Waals surface area contributed by atoms with Crippen LogP contribution < -0.4 is 9.47 Å². The number of benzene rings is 2. The minimum absolute atomic E-state index is 0.213. The molecule has 0 spiro atoms. The normalized spacial score (nSPS) is 13.2. The Morgan fingerprint density at radius 3 is 2.65 bits per heavy atom. The Labute approximate surface area is 152 Å². The minimum atomic E-state index is 0.213. The molecular weight excluding hydrogens is 326 g/mol. The molecule has 0 N–H and O–H groups in total. The smallest absolute Gasteiger partial charge is 0.227 e. The molecule has 4 rings (SSSR count). The average molecular weight is 345 g/mol. The number of nitrogens with zero attached hydrogens (tertiary/aromatic N) is 1. The molecule has 1 aliphatic carbocycles. The van der Waals surface area contributed by atoms with E-state index in [1.54, 1.807) is 13.3 Å². The zero-order chi connectivity index (χ0) is 17.9. The molecule has 0 unspecified atom stereocenters. The van der Waals surface area contributed by atoms with Crippen LogP contribution in [0.5, 0.6) is 17.4 Å². The molecule has 0 amide bonds. The van der Waals surface area contributed by atoms with Gasteiger partial charge in [0.15, 0.2) is 5.78 Å². The third kappa shape index (κ3) is 3.06. The summed E-state index contributed by atoms with van der Waals surface area (Å²) in [5, 5.41) is 0. The van der Waals surface area contributed by atoms with Gasteiger partial charge in [0.1, 0.15) is 11.5 Å². The molecule has 0 saturated heterocycles. The van der Waals surface area contributed by atoms with Gasteiger partial charge < -0.3 is 9.47 Å². The number of fused-ring (bicyclic) bond motifs is 1. The van der Waals surface area contributed by atoms with Crippen molar-refractivity contribution in [1.82, 2.24) is 4.98 Å². The van der Waals surface area contributed by atoms with Gasteiger partial charge in [-0.05, 0) is 54.8 Å². The van der Waals surface area contributed by atoms with Crippen molar-refractivity contribution in [3.63, 3.8) is 0 Å². The summed E-state index contributed by atoms with van der Waals surface area (Å²) < 4.78 is 11.6. The third-order valence-electron chi connectivity index (χ3n) is 4.61. The zero-order valence-corrected chi connectivity index (χ0v) is 14.6. The molecule has 4 heteroatoms. The van der Waals surface area contributed by atoms with E-state index in [1.807, 2.05) is 54.6 Å². The summed E-state index contributed by atoms with van der Waals surface area (Å²) in [6.45, 7) is 0. The quantitative estimate of drug-likeness (QED) is 0.662. The third-order valence-corrected chi connectivity index (χ3v) is 4.61. The SMILES string of the molecule is COc1ccccc1-c1cccnc1Oc1ccc2c(c1)CCCC2=O. The van der Waals surface area contributed by atoms with Crippen molar-refractivity contribution in [2.24, 2.45) is 0 Å². The lowest BCUT2D eigenvalue weighted by Gasteiger charge is -2.17. The van der Waals surface area contributed by atoms with E-state index >= 15 is 0 Å². The van der Waals surface area contributed by atoms with Gasteiger partial charge in [0.05, 0.1) is 7.11 Å². The fourth-order valence-corrected chi connectivity index (χ4v) is 3.34. The Morgan fingerprint density at radius 2 is 1.77 bits per heavy atom. The van der Waals surface area contributed by atoms with Gasteiger partial charge in [-0.1, -0.05) is 18.2 Å². The van der Waals surface area contributed by atoms with E-state index in [4.69, 9.17) is 9.47 Å². The number of ketones is 1. The highest BCUT2D eigenvalue weighted by atomic mass is 16.5. The summed E-state index contributed by atoms with van der Waals surface area (Å²) in [5.41, 5.74) is 3.65. The fraction of sp³-hybridized carbons (Fsp3) is 0.182. The van der Waals surface area contributed by atoms with E-state index in [2.05, 4.69) is 4.98 Å². The number of pyridine rings is 1. The minimum Gasteiger partial charge on any atom is -0.496 e. The van der Waals surface area contributed by atoms with Crippen LogP contribution in [0.3, 0.4) is 0 Å². The number of para-hydroxylation sites is 1. The number of carbonyl (C=O) groups excluding carboxylic acids is 1. The summed E-state index contributed by atoms with van der Waals surface area (Å²) in [5.74, 6) is 2.18. The van der Waals surface area contributed by atoms with Gasteiger partial charge in [-0.3, -0.25) is 4.79 Å². The van der Waals surface area contributed by atoms with Gasteiger partial charge >= 0.3 is 0 Å². The Bertz CT molecular complexity index is 965. The summed E-state index contributed by atoms with van der Waals surface area (Å²) in [4.78, 5) is 16.4. The molecule has 0 bridgehead atoms. The maximum Gasteiger partial charge on any atom is 0.227 e. The number of rotatable bonds is 4. The van der Waals surface area contributed by atoms with Crippen molar-refractivity contribution < 1.29 is 14.3 Å². The van der Waals surface area contributed by atoms with Crippen LogP contribution in [0.4, 0.5) is 0 Å². The van der Waals surface area contributed by atoms with Gasteiger partial charge in [0.2, 0.25) is 5.88 Å². The largest absolute Gasteiger partial charge is 0.496 e. The molecule has 1 aliphatic rings. The number of ether oxygens (including phenoxy) is 2. The van der Waals surface area contributed by atoms with E-state index in [0.29, 0.717) is 18.1 Å². The molecule has 0 atom stereocenters. The first-order valence-electron chi connectivity index (χ1n) is 8.68. The second-order valence-corrected chi connectivity index (χ2v) is 6.25. The lowest BCUT2D eigenvalue weighted by Crippen LogP contribution is -2.10. The fourth-order valence-electron chi connectivity index (χ4n) is 3.34. The summed E-state index contributed by atoms with van der Waals surface area (Å²) >= 11 is 0. The van der Waals surface area contributed by atoms with Crippen molar-refractivity contribution in [3.05, 3.63) is 71.9 Å². The zero-order valence-electron chi connectivity index (χ0n) is 14.6. The van der Waals surface area contributed by atoms with Crippen molar-refractivity contribution in [1.29, 1.82) is 0 Å². The lowest BCUT2D eigenvalue weighted by atomic mass is 9.90. The Kier molecular flexibility index (Phi) is 4.40. The molecule has 0 fully saturated rings. The van der Waals surface area contributed by atoms with Crippen molar-refractivity contribution >= 4 is 5.78 Å². The first-order valence-corrected chi connectivity index (χ1v) is 8.68. The molecule has 1 aromatic heterocycles. The second kappa shape index (κ2) is 7.00. The number of hydrogen-bond acceptors (Lipinski definition) is 4. The molecular formula is C22H19NO3. The highest BCUT2D eigenvalue weighted by Gasteiger charge is 2.18. The first-order chi connectivity index (χ1) is 12.8. The monoisotopic (exact) mass is 345 g/mol. The number of methoxy groups -OCH3 is 1. The molecule has 1 heterocycles. The Hall–Kier alpha value is -3.14. The number of aryl methyl sites for hydroxylation is 1. The van der Waals surface area contributed by atoms with E-state index in [9.17, 15) is 4.79 Å². The van der Waals surface area contributed by atoms with Gasteiger partial charge in [0.25, 0.3) is 0 Å². The number of hydrogen-bond donors (Lipinski definition) is 0. The van der Waals surface area contributed by atoms with Crippen molar-refractivity contribution in [3.8, 4) is 28.5 Å². The van der Waals surface area contributed by atoms with Crippen LogP contribution in [0.1, 0.15) is 28.8 Å². The summed E-state index contributed by atoms with van der Waals surface area (Å²) in [6, 6.07) is 17.3. The maximum absolute atomic E-state index is 12.0. The van der Waals surface area contributed by atoms with E-state index in [-0.39, 0.29) is 5.78 Å². The number of aromatic nitrogens is 1. The van der Waals surface area contributed by atoms with Crippen LogP contribution in [0.25, 0.3) is 11.1 Å². The molecule has 26 heavy (non-hydrogen) atoms. The van der Waals surface area contributed by atoms with Crippen LogP contribution in [-0.2, 0) is 6.42 Å². The number of Topliss-reactive ketones (excluding diaryl/α,β-unsaturated/α-hetero) is 1. The molecule has 0 radical (unpaired) electrons. The molecule has 4 nitrogen and oxygen atoms in total. The second-order valence-electron chi connectivity index (χ2n) is 6.25. The van der Waals surface area contributed by atoms with E-state index in [0.717, 1.165) is 40.8 Å². The van der Waals surface area contributed by atoms with Gasteiger partial charge in [-0.25, -0.2) is 4.98 Å². The predicted octanol–water partition coefficient (Wildman–Crippen LogP) is 5.07. The average Bonchev–Trinajstić information content (AvgIpc) is 2.68. The highest BCUT2D eigenvalue weighted by Crippen LogP contribution is 2.37. The van der Waals surface area contributed by atoms with Gasteiger partial charge in [0, 0.05) is 29.3 Å². The van der Waals surface area contributed by atoms with E-state index in [1.165, 1.54) is 0 Å². The standard InChI is InChI=1S/C22H19NO3/c1-25-21-10-3-2-7-18(21)19-8-5-13-23-22(19)26-16-11-12-17-15(14-16)6-4-9-20(17)24/h2-3,5,7-8,10-14H,4,6,9H2,1H3. The van der Waals surface area contributed by atoms with Gasteiger partial charge in [-0.2, -0.15) is 0 Å². The van der Waals surface area contributed by atoms with Crippen molar-refractivity contribution in [2.75, 3.05) is 7.11 Å². The summed E-state index contributed by atoms with van der Waals surface area (Å²) in [6.07, 6.45) is 4.13. The van der Waals surface area contributed by atoms with Crippen LogP contribution in [0, 0.1) is 0 Å². The summed E-state index contributed by atoms with van der Waals surface area (Å²) in [7, 11) is 1.65. The topological polar surface area (TPSA) is 48.4 Å². The van der Waals surface area contributed by atoms with Crippen LogP contribution in [0.2, 0.25) is 0 Å². The molecule has 0 aliphatic heterocycles. The first kappa shape index (κ1) is 16.3. The van der Waals surface area contributed by atoms with Crippen molar-refractivity contribution in [2.45, 2.75) is 19.3 Å². The Balaban J connectivity index is 1.71. The van der Waals surface area contributed by atoms with E-state index < -0.39 is 0 Å². The number of carbonyl (C=O) groups is 1. The van der Waals surface area contributed by atoms with Crippen LogP contribution >= 0.6 is 0 Å². The van der Waals surface area contributed by atoms with Gasteiger partial charge in [-0.15, -0.1) is 0 Å². The van der Waals surface area contributed by atoms with Crippen LogP contribution in [0.15, 0.2) is 60.8 Å². The molecule has 2 aromatic carbocycles. The van der Waals surface area contributed by atoms with Crippen LogP contribution in [-0.4, -0.2) is 17.9 Å². The lowest BCUT2D eigenvalue weighted by molar-refractivity contribution is 0.0972. The molecule has 3 aromatic rings. The molecule has 130 valence electrons. The molecule has 0 saturated carbocycles.